The Labute approximate surface area is 217 Å². The largest absolute Gasteiger partial charge is 0.508 e. The lowest BCUT2D eigenvalue weighted by molar-refractivity contribution is -0.137. The summed E-state index contributed by atoms with van der Waals surface area (Å²) in [7, 11) is 1.62. The van der Waals surface area contributed by atoms with Crippen LogP contribution in [0.1, 0.15) is 44.6 Å². The van der Waals surface area contributed by atoms with Crippen molar-refractivity contribution in [3.8, 4) is 5.75 Å². The number of hydrogen-bond acceptors (Lipinski definition) is 8. The van der Waals surface area contributed by atoms with Crippen LogP contribution in [0.15, 0.2) is 41.0 Å². The van der Waals surface area contributed by atoms with Gasteiger partial charge in [0.25, 0.3) is 0 Å². The van der Waals surface area contributed by atoms with E-state index in [4.69, 9.17) is 9.39 Å². The highest BCUT2D eigenvalue weighted by molar-refractivity contribution is 6.43. The van der Waals surface area contributed by atoms with E-state index in [1.54, 1.807) is 19.2 Å². The predicted octanol–water partition coefficient (Wildman–Crippen LogP) is 3.57. The molecule has 0 radical (unpaired) electrons. The van der Waals surface area contributed by atoms with Crippen molar-refractivity contribution in [1.82, 2.24) is 4.90 Å². The maximum atomic E-state index is 13.3. The van der Waals surface area contributed by atoms with Crippen molar-refractivity contribution in [3.63, 3.8) is 0 Å². The topological polar surface area (TPSA) is 123 Å². The molecule has 1 aromatic carbocycles. The van der Waals surface area contributed by atoms with Gasteiger partial charge in [0.05, 0.1) is 31.7 Å². The summed E-state index contributed by atoms with van der Waals surface area (Å²) in [5.74, 6) is -2.79. The Morgan fingerprint density at radius 2 is 1.89 bits per heavy atom. The van der Waals surface area contributed by atoms with Crippen LogP contribution in [0.2, 0.25) is 6.32 Å². The molecule has 198 valence electrons. The number of allylic oxidation sites excluding steroid dienone is 1. The van der Waals surface area contributed by atoms with Crippen LogP contribution < -0.4 is 0 Å². The standard InChI is InChI=1S/C27H34BNO8/c1-4-5-16(12-17-6-9-19(30)10-7-17)8-11-22-23-18(15-35-2)13-20-24(21(23)14-28(34)37-22)26(32)29(25(20)31)27(33)36-3/h6-7,9-10,12,20-22,24,30,34H,4-5,8,11,13-15H2,1-3H3/b16-12+/t20-,21+,22-,24-/m1/s1. The molecular formula is C27H34BNO8. The summed E-state index contributed by atoms with van der Waals surface area (Å²) >= 11 is 0. The molecule has 2 saturated heterocycles. The van der Waals surface area contributed by atoms with Crippen LogP contribution in [0.5, 0.6) is 5.75 Å². The number of carbonyl (C=O) groups excluding carboxylic acids is 3. The summed E-state index contributed by atoms with van der Waals surface area (Å²) in [6.07, 6.45) is 4.27. The molecule has 3 aliphatic rings. The third kappa shape index (κ3) is 5.51. The first-order chi connectivity index (χ1) is 17.8. The average molecular weight is 511 g/mol. The van der Waals surface area contributed by atoms with E-state index in [0.717, 1.165) is 36.7 Å². The molecule has 0 unspecified atom stereocenters. The Balaban J connectivity index is 1.63. The van der Waals surface area contributed by atoms with E-state index >= 15 is 0 Å². The second-order valence-electron chi connectivity index (χ2n) is 9.91. The van der Waals surface area contributed by atoms with Gasteiger partial charge in [-0.15, -0.1) is 0 Å². The van der Waals surface area contributed by atoms with E-state index in [9.17, 15) is 24.5 Å². The number of rotatable bonds is 8. The number of hydrogen-bond donors (Lipinski definition) is 2. The van der Waals surface area contributed by atoms with E-state index in [0.29, 0.717) is 24.2 Å². The number of amides is 3. The zero-order valence-electron chi connectivity index (χ0n) is 21.5. The molecule has 3 amide bonds. The molecule has 4 atom stereocenters. The van der Waals surface area contributed by atoms with Gasteiger partial charge in [-0.25, -0.2) is 4.79 Å². The maximum absolute atomic E-state index is 13.3. The third-order valence-electron chi connectivity index (χ3n) is 7.55. The van der Waals surface area contributed by atoms with E-state index in [2.05, 4.69) is 17.7 Å². The first-order valence-electron chi connectivity index (χ1n) is 12.8. The minimum atomic E-state index is -1.09. The second-order valence-corrected chi connectivity index (χ2v) is 9.91. The number of carbonyl (C=O) groups is 3. The zero-order chi connectivity index (χ0) is 26.7. The molecule has 0 aromatic heterocycles. The van der Waals surface area contributed by atoms with Crippen LogP contribution in [0.4, 0.5) is 4.79 Å². The summed E-state index contributed by atoms with van der Waals surface area (Å²) in [4.78, 5) is 39.1. The first kappa shape index (κ1) is 27.1. The lowest BCUT2D eigenvalue weighted by Gasteiger charge is -2.43. The quantitative estimate of drug-likeness (QED) is 0.309. The smallest absolute Gasteiger partial charge is 0.455 e. The zero-order valence-corrected chi connectivity index (χ0v) is 21.5. The molecule has 37 heavy (non-hydrogen) atoms. The Morgan fingerprint density at radius 1 is 1.16 bits per heavy atom. The molecular weight excluding hydrogens is 477 g/mol. The first-order valence-corrected chi connectivity index (χ1v) is 12.8. The van der Waals surface area contributed by atoms with Crippen LogP contribution in [0.25, 0.3) is 6.08 Å². The molecule has 0 saturated carbocycles. The van der Waals surface area contributed by atoms with Gasteiger partial charge in [-0.2, -0.15) is 4.90 Å². The summed E-state index contributed by atoms with van der Waals surface area (Å²) in [5, 5.41) is 20.2. The minimum Gasteiger partial charge on any atom is -0.508 e. The Morgan fingerprint density at radius 3 is 2.54 bits per heavy atom. The van der Waals surface area contributed by atoms with Gasteiger partial charge in [0, 0.05) is 7.11 Å². The lowest BCUT2D eigenvalue weighted by atomic mass is 9.58. The van der Waals surface area contributed by atoms with Gasteiger partial charge in [0.15, 0.2) is 0 Å². The van der Waals surface area contributed by atoms with E-state index in [-0.39, 0.29) is 18.7 Å². The van der Waals surface area contributed by atoms with Gasteiger partial charge in [-0.05, 0) is 66.8 Å². The predicted molar refractivity (Wildman–Crippen MR) is 136 cm³/mol. The Hall–Kier alpha value is -2.95. The van der Waals surface area contributed by atoms with Crippen molar-refractivity contribution >= 4 is 31.1 Å². The molecule has 4 rings (SSSR count). The van der Waals surface area contributed by atoms with Crippen molar-refractivity contribution < 1.29 is 38.6 Å². The molecule has 10 heteroatoms. The SMILES string of the molecule is CCC/C(=C\c1ccc(O)cc1)CC[C@H]1OB(O)C[C@H]2C1=C(COC)C[C@H]1C(=O)N(C(=O)OC)C(=O)[C@H]12. The molecule has 0 bridgehead atoms. The lowest BCUT2D eigenvalue weighted by Crippen LogP contribution is -2.46. The monoisotopic (exact) mass is 511 g/mol. The average Bonchev–Trinajstić information content (AvgIpc) is 3.12. The number of phenols is 1. The molecule has 1 aliphatic carbocycles. The summed E-state index contributed by atoms with van der Waals surface area (Å²) < 4.78 is 16.2. The number of methoxy groups -OCH3 is 2. The fraction of sp³-hybridized carbons (Fsp3) is 0.519. The second kappa shape index (κ2) is 11.6. The number of fused-ring (bicyclic) bond motifs is 3. The number of aromatic hydroxyl groups is 1. The Bertz CT molecular complexity index is 1100. The summed E-state index contributed by atoms with van der Waals surface area (Å²) in [6.45, 7) is 2.38. The van der Waals surface area contributed by atoms with Crippen molar-refractivity contribution in [2.75, 3.05) is 20.8 Å². The number of imide groups is 3. The summed E-state index contributed by atoms with van der Waals surface area (Å²) in [6, 6.07) is 7.02. The maximum Gasteiger partial charge on any atom is 0.455 e. The molecule has 9 nitrogen and oxygen atoms in total. The van der Waals surface area contributed by atoms with E-state index in [1.807, 2.05) is 12.1 Å². The van der Waals surface area contributed by atoms with Crippen LogP contribution >= 0.6 is 0 Å². The minimum absolute atomic E-state index is 0.166. The molecule has 1 aromatic rings. The van der Waals surface area contributed by atoms with Crippen molar-refractivity contribution in [2.24, 2.45) is 17.8 Å². The number of phenolic OH excluding ortho intramolecular Hbond substituents is 1. The van der Waals surface area contributed by atoms with Gasteiger partial charge in [-0.1, -0.05) is 37.1 Å². The Kier molecular flexibility index (Phi) is 8.51. The van der Waals surface area contributed by atoms with E-state index < -0.39 is 48.9 Å². The van der Waals surface area contributed by atoms with Crippen molar-refractivity contribution in [2.45, 2.75) is 51.5 Å². The van der Waals surface area contributed by atoms with Crippen LogP contribution in [0.3, 0.4) is 0 Å². The molecule has 0 spiro atoms. The van der Waals surface area contributed by atoms with E-state index in [1.165, 1.54) is 5.57 Å². The highest BCUT2D eigenvalue weighted by Crippen LogP contribution is 2.50. The fourth-order valence-corrected chi connectivity index (χ4v) is 6.06. The normalized spacial score (nSPS) is 25.9. The van der Waals surface area contributed by atoms with Gasteiger partial charge >= 0.3 is 13.2 Å². The molecule has 2 heterocycles. The molecule has 2 aliphatic heterocycles. The highest BCUT2D eigenvalue weighted by Gasteiger charge is 2.59. The van der Waals surface area contributed by atoms with Crippen LogP contribution in [0, 0.1) is 17.8 Å². The number of nitrogens with zero attached hydrogens (tertiary/aromatic N) is 1. The molecule has 2 fully saturated rings. The highest BCUT2D eigenvalue weighted by atomic mass is 16.5. The number of ether oxygens (including phenoxy) is 2. The number of likely N-dealkylation sites (tertiary alicyclic amines) is 1. The van der Waals surface area contributed by atoms with Crippen LogP contribution in [-0.2, 0) is 23.7 Å². The van der Waals surface area contributed by atoms with Crippen LogP contribution in [-0.4, -0.2) is 67.0 Å². The molecule has 2 N–H and O–H groups in total. The van der Waals surface area contributed by atoms with Gasteiger partial charge in [-0.3, -0.25) is 9.59 Å². The summed E-state index contributed by atoms with van der Waals surface area (Å²) in [5.41, 5.74) is 3.99. The van der Waals surface area contributed by atoms with Crippen molar-refractivity contribution in [1.29, 1.82) is 0 Å². The van der Waals surface area contributed by atoms with Gasteiger partial charge < -0.3 is 24.3 Å². The van der Waals surface area contributed by atoms with Gasteiger partial charge in [0.2, 0.25) is 11.8 Å². The van der Waals surface area contributed by atoms with Gasteiger partial charge in [0.1, 0.15) is 5.75 Å². The fourth-order valence-electron chi connectivity index (χ4n) is 6.06. The number of benzene rings is 1. The third-order valence-corrected chi connectivity index (χ3v) is 7.55. The van der Waals surface area contributed by atoms with Crippen molar-refractivity contribution in [3.05, 3.63) is 46.5 Å².